The van der Waals surface area contributed by atoms with Gasteiger partial charge in [0.25, 0.3) is 0 Å². The maximum atomic E-state index is 14.3. The van der Waals surface area contributed by atoms with Crippen molar-refractivity contribution >= 4 is 29.4 Å². The van der Waals surface area contributed by atoms with E-state index in [4.69, 9.17) is 15.6 Å². The molecule has 2 aromatic carbocycles. The minimum atomic E-state index is -0.570. The van der Waals surface area contributed by atoms with Gasteiger partial charge in [-0.2, -0.15) is 20.1 Å². The summed E-state index contributed by atoms with van der Waals surface area (Å²) in [5.41, 5.74) is 11.1. The quantitative estimate of drug-likeness (QED) is 0.139. The molecule has 2 aliphatic rings. The summed E-state index contributed by atoms with van der Waals surface area (Å²) in [7, 11) is 1.60. The number of rotatable bonds is 14. The Balaban J connectivity index is 0.918. The van der Waals surface area contributed by atoms with Crippen molar-refractivity contribution < 1.29 is 18.7 Å². The largest absolute Gasteiger partial charge is 0.482 e. The molecule has 2 fully saturated rings. The van der Waals surface area contributed by atoms with E-state index < -0.39 is 18.0 Å². The van der Waals surface area contributed by atoms with Crippen molar-refractivity contribution in [1.82, 2.24) is 40.0 Å². The highest BCUT2D eigenvalue weighted by Gasteiger charge is 2.34. The Morgan fingerprint density at radius 3 is 2.49 bits per heavy atom. The first-order chi connectivity index (χ1) is 25.8. The van der Waals surface area contributed by atoms with Gasteiger partial charge in [-0.05, 0) is 74.7 Å². The van der Waals surface area contributed by atoms with Gasteiger partial charge in [0, 0.05) is 86.1 Å². The fraction of sp³-hybridized carbons (Fsp3) is 0.368. The Labute approximate surface area is 307 Å². The first-order valence-corrected chi connectivity index (χ1v) is 17.9. The van der Waals surface area contributed by atoms with Gasteiger partial charge in [-0.3, -0.25) is 14.4 Å². The second kappa shape index (κ2) is 15.8. The first-order valence-electron chi connectivity index (χ1n) is 17.9. The van der Waals surface area contributed by atoms with Crippen LogP contribution in [0.5, 0.6) is 5.75 Å². The molecule has 1 amide bonds. The highest BCUT2D eigenvalue weighted by atomic mass is 19.1. The number of likely N-dealkylation sites (N-methyl/N-ethyl adjacent to an activating group) is 1. The Morgan fingerprint density at radius 1 is 1.02 bits per heavy atom. The summed E-state index contributed by atoms with van der Waals surface area (Å²) in [4.78, 5) is 33.8. The number of nitrogens with zero attached hydrogens (tertiary/aromatic N) is 8. The summed E-state index contributed by atoms with van der Waals surface area (Å²) in [6.07, 6.45) is 11.8. The van der Waals surface area contributed by atoms with Crippen LogP contribution in [-0.4, -0.2) is 92.2 Å². The van der Waals surface area contributed by atoms with Crippen LogP contribution in [0.3, 0.4) is 0 Å². The molecule has 7 rings (SSSR count). The molecule has 4 N–H and O–H groups in total. The number of nitrogen functional groups attached to an aromatic ring is 1. The van der Waals surface area contributed by atoms with Crippen LogP contribution in [0.2, 0.25) is 0 Å². The Morgan fingerprint density at radius 2 is 1.77 bits per heavy atom. The average Bonchev–Trinajstić information content (AvgIpc) is 3.88. The van der Waals surface area contributed by atoms with E-state index in [9.17, 15) is 14.0 Å². The van der Waals surface area contributed by atoms with Crippen molar-refractivity contribution in [2.75, 3.05) is 49.2 Å². The van der Waals surface area contributed by atoms with E-state index >= 15 is 0 Å². The number of carbonyl (C=O) groups excluding carboxylic acids is 2. The molecule has 14 nitrogen and oxygen atoms in total. The molecule has 2 saturated heterocycles. The molecule has 3 aromatic heterocycles. The van der Waals surface area contributed by atoms with E-state index in [2.05, 4.69) is 58.6 Å². The number of nitrogens with two attached hydrogens (primary N) is 1. The number of ether oxygens (including phenoxy) is 1. The molecule has 0 radical (unpaired) electrons. The number of aldehydes is 1. The zero-order chi connectivity index (χ0) is 36.9. The van der Waals surface area contributed by atoms with Crippen LogP contribution in [0, 0.1) is 5.82 Å². The zero-order valence-corrected chi connectivity index (χ0v) is 29.8. The SMILES string of the molecule is CNC(=O)C(CCC=O)Nc1ccc(N2CC(N3CCC(n4cc(-c5cnc(N)c(OC(C)c6cc(F)ccc6-n6nccn6)c5)cn4)CC3)C2)cc1. The topological polar surface area (TPSA) is 161 Å². The fourth-order valence-electron chi connectivity index (χ4n) is 7.08. The Hall–Kier alpha value is -5.83. The van der Waals surface area contributed by atoms with E-state index in [0.29, 0.717) is 41.9 Å². The zero-order valence-electron chi connectivity index (χ0n) is 29.8. The molecule has 276 valence electrons. The predicted molar refractivity (Wildman–Crippen MR) is 199 cm³/mol. The lowest BCUT2D eigenvalue weighted by molar-refractivity contribution is -0.121. The molecule has 0 bridgehead atoms. The van der Waals surface area contributed by atoms with Crippen LogP contribution < -0.4 is 26.0 Å². The number of piperidine rings is 1. The third-order valence-electron chi connectivity index (χ3n) is 10.1. The molecule has 15 heteroatoms. The monoisotopic (exact) mass is 721 g/mol. The summed E-state index contributed by atoms with van der Waals surface area (Å²) in [5.74, 6) is 0.102. The minimum absolute atomic E-state index is 0.133. The Bertz CT molecular complexity index is 2010. The number of pyridine rings is 1. The van der Waals surface area contributed by atoms with Crippen LogP contribution in [0.4, 0.5) is 21.6 Å². The first kappa shape index (κ1) is 35.6. The molecule has 2 unspecified atom stereocenters. The second-order valence-corrected chi connectivity index (χ2v) is 13.5. The molecule has 0 aliphatic carbocycles. The minimum Gasteiger partial charge on any atom is -0.482 e. The fourth-order valence-corrected chi connectivity index (χ4v) is 7.08. The number of nitrogens with one attached hydrogen (secondary N) is 2. The summed E-state index contributed by atoms with van der Waals surface area (Å²) in [6.45, 7) is 5.76. The van der Waals surface area contributed by atoms with Gasteiger partial charge in [-0.25, -0.2) is 9.37 Å². The highest BCUT2D eigenvalue weighted by Crippen LogP contribution is 2.34. The van der Waals surface area contributed by atoms with Crippen LogP contribution >= 0.6 is 0 Å². The van der Waals surface area contributed by atoms with Crippen LogP contribution in [0.25, 0.3) is 16.8 Å². The van der Waals surface area contributed by atoms with Gasteiger partial charge in [-0.15, -0.1) is 0 Å². The van der Waals surface area contributed by atoms with Gasteiger partial charge < -0.3 is 30.8 Å². The van der Waals surface area contributed by atoms with Gasteiger partial charge in [0.2, 0.25) is 5.91 Å². The van der Waals surface area contributed by atoms with Crippen molar-refractivity contribution in [2.24, 2.45) is 0 Å². The van der Waals surface area contributed by atoms with Gasteiger partial charge in [0.15, 0.2) is 11.6 Å². The van der Waals surface area contributed by atoms with Crippen LogP contribution in [0.15, 0.2) is 79.5 Å². The molecule has 53 heavy (non-hydrogen) atoms. The average molecular weight is 722 g/mol. The summed E-state index contributed by atoms with van der Waals surface area (Å²) >= 11 is 0. The van der Waals surface area contributed by atoms with Crippen molar-refractivity contribution in [3.8, 4) is 22.6 Å². The predicted octanol–water partition coefficient (Wildman–Crippen LogP) is 4.42. The van der Waals surface area contributed by atoms with Crippen molar-refractivity contribution in [3.05, 3.63) is 90.9 Å². The molecule has 0 saturated carbocycles. The molecule has 5 aromatic rings. The van der Waals surface area contributed by atoms with Crippen LogP contribution in [-0.2, 0) is 9.59 Å². The molecule has 2 aliphatic heterocycles. The standard InChI is InChI=1S/C38H44FN11O3/c1-25(33-19-28(39)5-10-35(33)50-43-13-14-44-50)53-36-18-26(20-42-37(36)40)27-21-45-49(22-27)31-11-15-47(16-12-31)32-23-48(24-32)30-8-6-29(7-9-30)46-34(4-3-17-51)38(52)41-2/h5-10,13-14,17-22,25,31-32,34,46H,3-4,11-12,15-16,23-24H2,1-2H3,(H2,40,42)(H,41,52). The normalized spacial score (nSPS) is 16.5. The van der Waals surface area contributed by atoms with E-state index in [0.717, 1.165) is 67.8 Å². The maximum absolute atomic E-state index is 14.3. The summed E-state index contributed by atoms with van der Waals surface area (Å²) in [6, 6.07) is 14.7. The molecular formula is C38H44FN11O3. The van der Waals surface area contributed by atoms with Crippen molar-refractivity contribution in [1.29, 1.82) is 0 Å². The van der Waals surface area contributed by atoms with E-state index in [1.807, 2.05) is 31.3 Å². The molecular weight excluding hydrogens is 677 g/mol. The number of anilines is 3. The lowest BCUT2D eigenvalue weighted by Crippen LogP contribution is -2.61. The lowest BCUT2D eigenvalue weighted by Gasteiger charge is -2.48. The van der Waals surface area contributed by atoms with Gasteiger partial charge >= 0.3 is 0 Å². The molecule has 0 spiro atoms. The number of likely N-dealkylation sites (tertiary alicyclic amines) is 1. The third kappa shape index (κ3) is 7.99. The number of hydrogen-bond acceptors (Lipinski definition) is 11. The number of hydrogen-bond donors (Lipinski definition) is 3. The summed E-state index contributed by atoms with van der Waals surface area (Å²) in [5, 5.41) is 19.0. The Kier molecular flexibility index (Phi) is 10.6. The maximum Gasteiger partial charge on any atom is 0.242 e. The van der Waals surface area contributed by atoms with Gasteiger partial charge in [0.1, 0.15) is 24.2 Å². The molecule has 2 atom stereocenters. The highest BCUT2D eigenvalue weighted by molar-refractivity contribution is 5.84. The van der Waals surface area contributed by atoms with Crippen molar-refractivity contribution in [2.45, 2.75) is 56.8 Å². The number of benzene rings is 2. The second-order valence-electron chi connectivity index (χ2n) is 13.5. The van der Waals surface area contributed by atoms with E-state index in [1.54, 1.807) is 31.7 Å². The number of carbonyl (C=O) groups is 2. The molecule has 5 heterocycles. The van der Waals surface area contributed by atoms with Gasteiger partial charge in [0.05, 0.1) is 30.3 Å². The van der Waals surface area contributed by atoms with Crippen LogP contribution in [0.1, 0.15) is 50.3 Å². The number of halogens is 1. The number of aromatic nitrogens is 6. The van der Waals surface area contributed by atoms with Crippen molar-refractivity contribution in [3.63, 3.8) is 0 Å². The number of amides is 1. The van der Waals surface area contributed by atoms with E-state index in [-0.39, 0.29) is 11.7 Å². The third-order valence-corrected chi connectivity index (χ3v) is 10.1. The smallest absolute Gasteiger partial charge is 0.242 e. The summed E-state index contributed by atoms with van der Waals surface area (Å²) < 4.78 is 22.6. The lowest BCUT2D eigenvalue weighted by atomic mass is 9.99. The van der Waals surface area contributed by atoms with E-state index in [1.165, 1.54) is 16.9 Å². The van der Waals surface area contributed by atoms with Gasteiger partial charge in [-0.1, -0.05) is 0 Å².